The molecule has 0 aromatic heterocycles. The minimum Gasteiger partial charge on any atom is -0.435 e. The summed E-state index contributed by atoms with van der Waals surface area (Å²) in [6.45, 7) is -1.57. The quantitative estimate of drug-likeness (QED) is 0.682. The molecule has 0 spiro atoms. The molecule has 0 radical (unpaired) electrons. The summed E-state index contributed by atoms with van der Waals surface area (Å²) in [5, 5.41) is 5.24. The molecule has 0 aliphatic carbocycles. The molecule has 2 aromatic rings. The molecule has 0 saturated heterocycles. The Kier molecular flexibility index (Phi) is 6.59. The monoisotopic (exact) mass is 388 g/mol. The van der Waals surface area contributed by atoms with E-state index in [-0.39, 0.29) is 18.0 Å². The number of hydrogen-bond acceptors (Lipinski definition) is 3. The second-order valence-corrected chi connectivity index (χ2v) is 5.67. The molecule has 27 heavy (non-hydrogen) atoms. The first-order valence-corrected chi connectivity index (χ1v) is 7.90. The van der Waals surface area contributed by atoms with Gasteiger partial charge in [-0.25, -0.2) is 0 Å². The third kappa shape index (κ3) is 6.43. The number of carbonyl (C=O) groups excluding carboxylic acids is 1. The van der Waals surface area contributed by atoms with Gasteiger partial charge in [0, 0.05) is 5.69 Å². The molecule has 0 aliphatic rings. The minimum absolute atomic E-state index is 0.0364. The van der Waals surface area contributed by atoms with Gasteiger partial charge >= 0.3 is 12.8 Å². The van der Waals surface area contributed by atoms with Crippen LogP contribution in [0.25, 0.3) is 0 Å². The second kappa shape index (κ2) is 8.70. The Morgan fingerprint density at radius 3 is 2.48 bits per heavy atom. The first-order chi connectivity index (χ1) is 12.6. The van der Waals surface area contributed by atoms with Crippen LogP contribution in [0.3, 0.4) is 0 Å². The highest BCUT2D eigenvalue weighted by Gasteiger charge is 2.30. The number of amides is 1. The molecule has 146 valence electrons. The van der Waals surface area contributed by atoms with Crippen LogP contribution in [0.4, 0.5) is 27.6 Å². The number of halogens is 5. The van der Waals surface area contributed by atoms with Gasteiger partial charge in [-0.15, -0.1) is 0 Å². The highest BCUT2D eigenvalue weighted by molar-refractivity contribution is 5.81. The Hall–Kier alpha value is -2.84. The molecule has 1 atom stereocenters. The van der Waals surface area contributed by atoms with Crippen molar-refractivity contribution in [2.75, 3.05) is 11.9 Å². The van der Waals surface area contributed by atoms with Crippen molar-refractivity contribution in [2.24, 2.45) is 0 Å². The van der Waals surface area contributed by atoms with E-state index in [0.29, 0.717) is 5.56 Å². The average molecular weight is 388 g/mol. The topological polar surface area (TPSA) is 50.4 Å². The Balaban J connectivity index is 1.92. The van der Waals surface area contributed by atoms with Crippen LogP contribution in [-0.4, -0.2) is 19.1 Å². The van der Waals surface area contributed by atoms with Crippen LogP contribution in [-0.2, 0) is 11.0 Å². The second-order valence-electron chi connectivity index (χ2n) is 5.67. The number of rotatable bonds is 7. The molecule has 0 heterocycles. The van der Waals surface area contributed by atoms with Gasteiger partial charge in [0.2, 0.25) is 5.91 Å². The number of ether oxygens (including phenoxy) is 1. The minimum atomic E-state index is -4.47. The van der Waals surface area contributed by atoms with E-state index in [1.165, 1.54) is 30.3 Å². The standard InChI is InChI=1S/C18H17F5N2O2/c1-11(12-4-2-7-15(8-12)27-17(19)20)25-16(26)10-24-14-6-3-5-13(9-14)18(21,22)23/h2-9,11,17,24H,10H2,1H3,(H,25,26). The molecule has 2 rings (SSSR count). The lowest BCUT2D eigenvalue weighted by Gasteiger charge is -2.16. The molecule has 0 bridgehead atoms. The maximum atomic E-state index is 12.7. The first-order valence-electron chi connectivity index (χ1n) is 7.90. The van der Waals surface area contributed by atoms with Crippen molar-refractivity contribution in [3.63, 3.8) is 0 Å². The fourth-order valence-electron chi connectivity index (χ4n) is 2.32. The fourth-order valence-corrected chi connectivity index (χ4v) is 2.32. The Bertz CT molecular complexity index is 780. The Morgan fingerprint density at radius 1 is 1.11 bits per heavy atom. The van der Waals surface area contributed by atoms with Gasteiger partial charge < -0.3 is 15.4 Å². The number of anilines is 1. The number of alkyl halides is 5. The van der Waals surface area contributed by atoms with Crippen molar-refractivity contribution >= 4 is 11.6 Å². The van der Waals surface area contributed by atoms with Gasteiger partial charge in [0.15, 0.2) is 0 Å². The Morgan fingerprint density at radius 2 is 1.81 bits per heavy atom. The van der Waals surface area contributed by atoms with Crippen LogP contribution < -0.4 is 15.4 Å². The number of hydrogen-bond donors (Lipinski definition) is 2. The zero-order valence-electron chi connectivity index (χ0n) is 14.2. The van der Waals surface area contributed by atoms with E-state index in [4.69, 9.17) is 0 Å². The molecule has 9 heteroatoms. The van der Waals surface area contributed by atoms with Gasteiger partial charge in [0.25, 0.3) is 0 Å². The lowest BCUT2D eigenvalue weighted by atomic mass is 10.1. The summed E-state index contributed by atoms with van der Waals surface area (Å²) in [7, 11) is 0. The van der Waals surface area contributed by atoms with Crippen molar-refractivity contribution in [1.29, 1.82) is 0 Å². The molecule has 4 nitrogen and oxygen atoms in total. The molecule has 1 unspecified atom stereocenters. The van der Waals surface area contributed by atoms with Crippen LogP contribution in [0.5, 0.6) is 5.75 Å². The van der Waals surface area contributed by atoms with Gasteiger partial charge in [0.05, 0.1) is 18.2 Å². The van der Waals surface area contributed by atoms with E-state index < -0.39 is 30.3 Å². The summed E-state index contributed by atoms with van der Waals surface area (Å²) in [5.74, 6) is -0.509. The summed E-state index contributed by atoms with van der Waals surface area (Å²) in [6, 6.07) is 9.85. The van der Waals surface area contributed by atoms with Gasteiger partial charge in [0.1, 0.15) is 5.75 Å². The normalized spacial score (nSPS) is 12.6. The third-order valence-corrected chi connectivity index (χ3v) is 3.60. The van der Waals surface area contributed by atoms with Crippen molar-refractivity contribution in [3.05, 3.63) is 59.7 Å². The summed E-state index contributed by atoms with van der Waals surface area (Å²) in [6.07, 6.45) is -4.47. The maximum Gasteiger partial charge on any atom is 0.416 e. The zero-order chi connectivity index (χ0) is 20.0. The summed E-state index contributed by atoms with van der Waals surface area (Å²) in [4.78, 5) is 12.0. The maximum absolute atomic E-state index is 12.7. The average Bonchev–Trinajstić information content (AvgIpc) is 2.59. The van der Waals surface area contributed by atoms with Gasteiger partial charge in [-0.1, -0.05) is 18.2 Å². The zero-order valence-corrected chi connectivity index (χ0v) is 14.2. The number of carbonyl (C=O) groups is 1. The molecule has 2 N–H and O–H groups in total. The summed E-state index contributed by atoms with van der Waals surface area (Å²) >= 11 is 0. The van der Waals surface area contributed by atoms with Crippen LogP contribution in [0, 0.1) is 0 Å². The lowest BCUT2D eigenvalue weighted by Crippen LogP contribution is -2.32. The number of nitrogens with one attached hydrogen (secondary N) is 2. The molecular formula is C18H17F5N2O2. The highest BCUT2D eigenvalue weighted by atomic mass is 19.4. The van der Waals surface area contributed by atoms with Crippen LogP contribution in [0.2, 0.25) is 0 Å². The van der Waals surface area contributed by atoms with Gasteiger partial charge in [-0.2, -0.15) is 22.0 Å². The van der Waals surface area contributed by atoms with E-state index in [1.54, 1.807) is 13.0 Å². The van der Waals surface area contributed by atoms with Crippen LogP contribution in [0.1, 0.15) is 24.1 Å². The largest absolute Gasteiger partial charge is 0.435 e. The van der Waals surface area contributed by atoms with Gasteiger partial charge in [-0.3, -0.25) is 4.79 Å². The number of benzene rings is 2. The molecule has 2 aromatic carbocycles. The molecule has 0 aliphatic heterocycles. The highest BCUT2D eigenvalue weighted by Crippen LogP contribution is 2.30. The van der Waals surface area contributed by atoms with E-state index in [0.717, 1.165) is 12.1 Å². The van der Waals surface area contributed by atoms with E-state index in [9.17, 15) is 26.7 Å². The Labute approximate surface area is 152 Å². The SMILES string of the molecule is CC(NC(=O)CNc1cccc(C(F)(F)F)c1)c1cccc(OC(F)F)c1. The van der Waals surface area contributed by atoms with E-state index >= 15 is 0 Å². The predicted octanol–water partition coefficient (Wildman–Crippen LogP) is 4.60. The predicted molar refractivity (Wildman–Crippen MR) is 89.6 cm³/mol. The van der Waals surface area contributed by atoms with Crippen LogP contribution >= 0.6 is 0 Å². The fraction of sp³-hybridized carbons (Fsp3) is 0.278. The van der Waals surface area contributed by atoms with Gasteiger partial charge in [-0.05, 0) is 42.8 Å². The smallest absolute Gasteiger partial charge is 0.416 e. The van der Waals surface area contributed by atoms with E-state index in [1.807, 2.05) is 0 Å². The molecule has 0 saturated carbocycles. The molecule has 1 amide bonds. The lowest BCUT2D eigenvalue weighted by molar-refractivity contribution is -0.137. The summed E-state index contributed by atoms with van der Waals surface area (Å²) in [5.41, 5.74) is -0.127. The first kappa shape index (κ1) is 20.5. The van der Waals surface area contributed by atoms with E-state index in [2.05, 4.69) is 15.4 Å². The van der Waals surface area contributed by atoms with Crippen molar-refractivity contribution in [3.8, 4) is 5.75 Å². The molecule has 0 fully saturated rings. The van der Waals surface area contributed by atoms with Crippen molar-refractivity contribution in [2.45, 2.75) is 25.8 Å². The van der Waals surface area contributed by atoms with Crippen molar-refractivity contribution in [1.82, 2.24) is 5.32 Å². The third-order valence-electron chi connectivity index (χ3n) is 3.60. The molecular weight excluding hydrogens is 371 g/mol. The van der Waals surface area contributed by atoms with Crippen LogP contribution in [0.15, 0.2) is 48.5 Å². The van der Waals surface area contributed by atoms with Crippen molar-refractivity contribution < 1.29 is 31.5 Å². The summed E-state index contributed by atoms with van der Waals surface area (Å²) < 4.78 is 66.8.